The number of ether oxygens (including phenoxy) is 3. The molecule has 0 aromatic heterocycles. The van der Waals surface area contributed by atoms with Crippen LogP contribution in [0.2, 0.25) is 0 Å². The number of carbonyl (C=O) groups is 2. The lowest BCUT2D eigenvalue weighted by Crippen LogP contribution is -2.50. The van der Waals surface area contributed by atoms with Crippen molar-refractivity contribution in [3.8, 4) is 0 Å². The molecule has 27 heavy (non-hydrogen) atoms. The smallest absolute Gasteiger partial charge is 0.412 e. The van der Waals surface area contributed by atoms with Crippen molar-refractivity contribution >= 4 is 12.1 Å². The molecule has 7 heteroatoms. The number of esters is 1. The van der Waals surface area contributed by atoms with E-state index >= 15 is 0 Å². The molecule has 0 bridgehead atoms. The highest BCUT2D eigenvalue weighted by molar-refractivity contribution is 5.70. The number of rotatable bonds is 6. The quantitative estimate of drug-likeness (QED) is 0.702. The predicted octanol–water partition coefficient (Wildman–Crippen LogP) is 3.48. The fraction of sp³-hybridized carbons (Fsp3) is 0.900. The molecule has 0 saturated carbocycles. The van der Waals surface area contributed by atoms with Crippen molar-refractivity contribution in [2.75, 3.05) is 13.2 Å². The fourth-order valence-electron chi connectivity index (χ4n) is 3.12. The second-order valence-corrected chi connectivity index (χ2v) is 9.67. The zero-order valence-corrected chi connectivity index (χ0v) is 18.1. The van der Waals surface area contributed by atoms with Crippen molar-refractivity contribution in [3.05, 3.63) is 0 Å². The molecular formula is C20H37NO6. The Bertz CT molecular complexity index is 518. The standard InChI is InChI=1S/C20H37NO6/c1-18(2,3)26-16(23)10-9-14(12-22)11-15-13-25-20(7,8)21(15)17(24)27-19(4,5)6/h14-15,22H,9-13H2,1-8H3/t14-,15?/m0/s1. The van der Waals surface area contributed by atoms with Gasteiger partial charge in [0.1, 0.15) is 16.9 Å². The summed E-state index contributed by atoms with van der Waals surface area (Å²) >= 11 is 0. The van der Waals surface area contributed by atoms with Gasteiger partial charge in [-0.1, -0.05) is 0 Å². The first kappa shape index (κ1) is 23.7. The summed E-state index contributed by atoms with van der Waals surface area (Å²) in [5.74, 6) is -0.419. The maximum atomic E-state index is 12.7. The molecule has 1 unspecified atom stereocenters. The molecule has 1 heterocycles. The first-order valence-electron chi connectivity index (χ1n) is 9.63. The van der Waals surface area contributed by atoms with Gasteiger partial charge in [-0.2, -0.15) is 0 Å². The molecule has 0 spiro atoms. The zero-order valence-electron chi connectivity index (χ0n) is 18.1. The molecule has 7 nitrogen and oxygen atoms in total. The van der Waals surface area contributed by atoms with Gasteiger partial charge in [-0.15, -0.1) is 0 Å². The minimum Gasteiger partial charge on any atom is -0.460 e. The molecule has 1 aliphatic heterocycles. The fourth-order valence-corrected chi connectivity index (χ4v) is 3.12. The molecule has 1 amide bonds. The lowest BCUT2D eigenvalue weighted by Gasteiger charge is -2.36. The van der Waals surface area contributed by atoms with Crippen LogP contribution < -0.4 is 0 Å². The van der Waals surface area contributed by atoms with Crippen LogP contribution in [-0.4, -0.2) is 58.3 Å². The zero-order chi connectivity index (χ0) is 21.0. The van der Waals surface area contributed by atoms with Crippen molar-refractivity contribution in [1.29, 1.82) is 0 Å². The molecular weight excluding hydrogens is 350 g/mol. The summed E-state index contributed by atoms with van der Waals surface area (Å²) < 4.78 is 16.6. The van der Waals surface area contributed by atoms with Gasteiger partial charge in [0, 0.05) is 13.0 Å². The molecule has 2 atom stereocenters. The van der Waals surface area contributed by atoms with E-state index in [1.807, 2.05) is 55.4 Å². The van der Waals surface area contributed by atoms with Crippen LogP contribution in [0.1, 0.15) is 74.7 Å². The highest BCUT2D eigenvalue weighted by atomic mass is 16.6. The first-order chi connectivity index (χ1) is 12.1. The van der Waals surface area contributed by atoms with E-state index in [4.69, 9.17) is 14.2 Å². The SMILES string of the molecule is CC(C)(C)OC(=O)CC[C@H](CO)CC1COC(C)(C)N1C(=O)OC(C)(C)C. The van der Waals surface area contributed by atoms with E-state index in [0.717, 1.165) is 0 Å². The van der Waals surface area contributed by atoms with Crippen molar-refractivity contribution in [2.45, 2.75) is 97.6 Å². The van der Waals surface area contributed by atoms with Gasteiger partial charge in [0.05, 0.1) is 12.6 Å². The molecule has 1 N–H and O–H groups in total. The molecule has 1 saturated heterocycles. The van der Waals surface area contributed by atoms with Gasteiger partial charge in [-0.25, -0.2) is 4.79 Å². The average molecular weight is 388 g/mol. The van der Waals surface area contributed by atoms with E-state index in [2.05, 4.69) is 0 Å². The normalized spacial score (nSPS) is 21.1. The van der Waals surface area contributed by atoms with Crippen molar-refractivity contribution in [1.82, 2.24) is 4.90 Å². The van der Waals surface area contributed by atoms with Crippen LogP contribution >= 0.6 is 0 Å². The van der Waals surface area contributed by atoms with Crippen molar-refractivity contribution in [3.63, 3.8) is 0 Å². The van der Waals surface area contributed by atoms with Crippen LogP contribution in [0, 0.1) is 5.92 Å². The second kappa shape index (κ2) is 8.78. The van der Waals surface area contributed by atoms with E-state index in [1.165, 1.54) is 0 Å². The van der Waals surface area contributed by atoms with Crippen LogP contribution in [0.15, 0.2) is 0 Å². The van der Waals surface area contributed by atoms with Gasteiger partial charge in [-0.3, -0.25) is 9.69 Å². The first-order valence-corrected chi connectivity index (χ1v) is 9.63. The largest absolute Gasteiger partial charge is 0.460 e. The molecule has 1 fully saturated rings. The van der Waals surface area contributed by atoms with Crippen LogP contribution in [0.5, 0.6) is 0 Å². The summed E-state index contributed by atoms with van der Waals surface area (Å²) in [4.78, 5) is 26.2. The Hall–Kier alpha value is -1.34. The number of aliphatic hydroxyl groups is 1. The van der Waals surface area contributed by atoms with Crippen LogP contribution in [-0.2, 0) is 19.0 Å². The average Bonchev–Trinajstić information content (AvgIpc) is 2.74. The monoisotopic (exact) mass is 387 g/mol. The van der Waals surface area contributed by atoms with E-state index in [1.54, 1.807) is 4.90 Å². The third-order valence-electron chi connectivity index (χ3n) is 4.20. The molecule has 1 rings (SSSR count). The number of hydrogen-bond donors (Lipinski definition) is 1. The minimum absolute atomic E-state index is 0.0676. The predicted molar refractivity (Wildman–Crippen MR) is 102 cm³/mol. The van der Waals surface area contributed by atoms with E-state index in [0.29, 0.717) is 19.4 Å². The number of nitrogens with zero attached hydrogens (tertiary/aromatic N) is 1. The Morgan fingerprint density at radius 2 is 1.70 bits per heavy atom. The lowest BCUT2D eigenvalue weighted by atomic mass is 9.95. The maximum absolute atomic E-state index is 12.7. The number of amides is 1. The Morgan fingerprint density at radius 1 is 1.15 bits per heavy atom. The van der Waals surface area contributed by atoms with E-state index in [-0.39, 0.29) is 31.0 Å². The summed E-state index contributed by atoms with van der Waals surface area (Å²) in [7, 11) is 0. The number of carbonyl (C=O) groups excluding carboxylic acids is 2. The van der Waals surface area contributed by atoms with Crippen molar-refractivity contribution in [2.24, 2.45) is 5.92 Å². The van der Waals surface area contributed by atoms with Gasteiger partial charge in [0.25, 0.3) is 0 Å². The molecule has 0 aromatic carbocycles. The topological polar surface area (TPSA) is 85.3 Å². The van der Waals surface area contributed by atoms with Gasteiger partial charge in [-0.05, 0) is 74.1 Å². The summed E-state index contributed by atoms with van der Waals surface area (Å²) in [6.45, 7) is 14.9. The maximum Gasteiger partial charge on any atom is 0.412 e. The van der Waals surface area contributed by atoms with Crippen LogP contribution in [0.25, 0.3) is 0 Å². The Balaban J connectivity index is 2.72. The molecule has 0 aromatic rings. The number of hydrogen-bond acceptors (Lipinski definition) is 6. The van der Waals surface area contributed by atoms with E-state index < -0.39 is 23.0 Å². The van der Waals surface area contributed by atoms with Crippen LogP contribution in [0.4, 0.5) is 4.79 Å². The Kier molecular flexibility index (Phi) is 7.70. The Labute approximate surface area is 163 Å². The van der Waals surface area contributed by atoms with Crippen LogP contribution in [0.3, 0.4) is 0 Å². The minimum atomic E-state index is -0.780. The van der Waals surface area contributed by atoms with Gasteiger partial charge in [0.2, 0.25) is 0 Å². The molecule has 1 aliphatic rings. The third-order valence-corrected chi connectivity index (χ3v) is 4.20. The third kappa shape index (κ3) is 8.05. The summed E-state index contributed by atoms with van der Waals surface area (Å²) in [5.41, 5.74) is -1.91. The lowest BCUT2D eigenvalue weighted by molar-refractivity contribution is -0.155. The summed E-state index contributed by atoms with van der Waals surface area (Å²) in [6, 6.07) is -0.217. The number of aliphatic hydroxyl groups excluding tert-OH is 1. The molecule has 0 radical (unpaired) electrons. The van der Waals surface area contributed by atoms with E-state index in [9.17, 15) is 14.7 Å². The Morgan fingerprint density at radius 3 is 2.19 bits per heavy atom. The molecule has 0 aliphatic carbocycles. The van der Waals surface area contributed by atoms with Gasteiger partial charge >= 0.3 is 12.1 Å². The van der Waals surface area contributed by atoms with Crippen molar-refractivity contribution < 1.29 is 28.9 Å². The second-order valence-electron chi connectivity index (χ2n) is 9.67. The summed E-state index contributed by atoms with van der Waals surface area (Å²) in [5, 5.41) is 9.75. The highest BCUT2D eigenvalue weighted by Gasteiger charge is 2.46. The molecule has 158 valence electrons. The van der Waals surface area contributed by atoms with Gasteiger partial charge in [0.15, 0.2) is 0 Å². The summed E-state index contributed by atoms with van der Waals surface area (Å²) in [6.07, 6.45) is 0.817. The van der Waals surface area contributed by atoms with Gasteiger partial charge < -0.3 is 19.3 Å². The highest BCUT2D eigenvalue weighted by Crippen LogP contribution is 2.33.